The summed E-state index contributed by atoms with van der Waals surface area (Å²) in [7, 11) is 1.69. The van der Waals surface area contributed by atoms with Crippen LogP contribution in [0.1, 0.15) is 37.1 Å². The van der Waals surface area contributed by atoms with Crippen LogP contribution in [0.15, 0.2) is 66.9 Å². The molecule has 154 valence electrons. The highest BCUT2D eigenvalue weighted by Gasteiger charge is 2.12. The van der Waals surface area contributed by atoms with Gasteiger partial charge >= 0.3 is 0 Å². The summed E-state index contributed by atoms with van der Waals surface area (Å²) in [5.41, 5.74) is 3.48. The summed E-state index contributed by atoms with van der Waals surface area (Å²) in [6.45, 7) is 7.85. The van der Waals surface area contributed by atoms with Crippen molar-refractivity contribution in [2.24, 2.45) is 5.92 Å². The lowest BCUT2D eigenvalue weighted by atomic mass is 10.1. The first-order valence-electron chi connectivity index (χ1n) is 10.3. The van der Waals surface area contributed by atoms with Crippen molar-refractivity contribution >= 4 is 0 Å². The van der Waals surface area contributed by atoms with Crippen molar-refractivity contribution in [1.29, 1.82) is 0 Å². The molecule has 0 unspecified atom stereocenters. The van der Waals surface area contributed by atoms with Gasteiger partial charge in [0.05, 0.1) is 7.11 Å². The smallest absolute Gasteiger partial charge is 0.123 e. The lowest BCUT2D eigenvalue weighted by Gasteiger charge is -2.24. The fourth-order valence-electron chi connectivity index (χ4n) is 3.49. The van der Waals surface area contributed by atoms with Gasteiger partial charge in [-0.1, -0.05) is 38.1 Å². The van der Waals surface area contributed by atoms with Gasteiger partial charge in [-0.2, -0.15) is 0 Å². The summed E-state index contributed by atoms with van der Waals surface area (Å²) >= 11 is 0. The van der Waals surface area contributed by atoms with E-state index in [0.717, 1.165) is 43.9 Å². The van der Waals surface area contributed by atoms with Crippen LogP contribution in [0.4, 0.5) is 4.39 Å². The average Bonchev–Trinajstić information content (AvgIpc) is 3.13. The molecule has 0 radical (unpaired) electrons. The van der Waals surface area contributed by atoms with Crippen LogP contribution in [-0.2, 0) is 19.6 Å². The molecule has 0 spiro atoms. The van der Waals surface area contributed by atoms with Crippen LogP contribution in [0.2, 0.25) is 0 Å². The molecule has 0 saturated heterocycles. The quantitative estimate of drug-likeness (QED) is 0.437. The lowest BCUT2D eigenvalue weighted by Crippen LogP contribution is -2.26. The van der Waals surface area contributed by atoms with Gasteiger partial charge in [-0.25, -0.2) is 4.39 Å². The Hall–Kier alpha value is -2.59. The van der Waals surface area contributed by atoms with E-state index in [1.54, 1.807) is 19.2 Å². The number of aromatic nitrogens is 1. The van der Waals surface area contributed by atoms with Crippen LogP contribution in [0.3, 0.4) is 0 Å². The summed E-state index contributed by atoms with van der Waals surface area (Å²) in [6, 6.07) is 19.4. The van der Waals surface area contributed by atoms with E-state index >= 15 is 0 Å². The molecule has 1 heterocycles. The Labute approximate surface area is 173 Å². The molecular formula is C25H31FN2O. The standard InChI is InChI=1S/C25H31FN2O/c1-20(2)12-14-27(17-21-7-4-9-23(26)15-21)19-24-10-6-13-28(24)18-22-8-5-11-25(16-22)29-3/h4-11,13,15-16,20H,12,14,17-19H2,1-3H3. The van der Waals surface area contributed by atoms with Crippen LogP contribution in [0.5, 0.6) is 5.75 Å². The van der Waals surface area contributed by atoms with Crippen LogP contribution in [0.25, 0.3) is 0 Å². The van der Waals surface area contributed by atoms with Crippen LogP contribution in [-0.4, -0.2) is 23.1 Å². The van der Waals surface area contributed by atoms with Crippen molar-refractivity contribution in [2.45, 2.75) is 39.9 Å². The maximum atomic E-state index is 13.6. The van der Waals surface area contributed by atoms with E-state index in [9.17, 15) is 4.39 Å². The minimum atomic E-state index is -0.173. The average molecular weight is 395 g/mol. The van der Waals surface area contributed by atoms with Gasteiger partial charge in [0.1, 0.15) is 11.6 Å². The first-order valence-corrected chi connectivity index (χ1v) is 10.3. The molecule has 0 aliphatic heterocycles. The Balaban J connectivity index is 1.74. The summed E-state index contributed by atoms with van der Waals surface area (Å²) < 4.78 is 21.3. The molecule has 0 fully saturated rings. The van der Waals surface area contributed by atoms with Crippen LogP contribution in [0, 0.1) is 11.7 Å². The largest absolute Gasteiger partial charge is 0.497 e. The molecule has 0 aliphatic carbocycles. The Morgan fingerprint density at radius 2 is 1.76 bits per heavy atom. The van der Waals surface area contributed by atoms with E-state index in [4.69, 9.17) is 4.74 Å². The van der Waals surface area contributed by atoms with Crippen molar-refractivity contribution < 1.29 is 9.13 Å². The van der Waals surface area contributed by atoms with Gasteiger partial charge < -0.3 is 9.30 Å². The van der Waals surface area contributed by atoms with Gasteiger partial charge in [-0.05, 0) is 66.4 Å². The van der Waals surface area contributed by atoms with E-state index in [0.29, 0.717) is 5.92 Å². The molecule has 0 atom stereocenters. The normalized spacial score (nSPS) is 11.4. The third kappa shape index (κ3) is 6.47. The van der Waals surface area contributed by atoms with Crippen molar-refractivity contribution in [2.75, 3.05) is 13.7 Å². The highest BCUT2D eigenvalue weighted by Crippen LogP contribution is 2.17. The number of hydrogen-bond acceptors (Lipinski definition) is 2. The second kappa shape index (κ2) is 10.3. The third-order valence-corrected chi connectivity index (χ3v) is 5.11. The van der Waals surface area contributed by atoms with Crippen LogP contribution >= 0.6 is 0 Å². The van der Waals surface area contributed by atoms with Crippen LogP contribution < -0.4 is 4.74 Å². The molecule has 0 N–H and O–H groups in total. The summed E-state index contributed by atoms with van der Waals surface area (Å²) in [4.78, 5) is 2.41. The topological polar surface area (TPSA) is 17.4 Å². The van der Waals surface area contributed by atoms with E-state index in [1.807, 2.05) is 18.2 Å². The first kappa shape index (κ1) is 21.1. The Kier molecular flexibility index (Phi) is 7.48. The minimum absolute atomic E-state index is 0.173. The highest BCUT2D eigenvalue weighted by atomic mass is 19.1. The monoisotopic (exact) mass is 394 g/mol. The summed E-state index contributed by atoms with van der Waals surface area (Å²) in [5, 5.41) is 0. The maximum absolute atomic E-state index is 13.6. The Morgan fingerprint density at radius 1 is 0.966 bits per heavy atom. The molecular weight excluding hydrogens is 363 g/mol. The Bertz CT molecular complexity index is 903. The molecule has 29 heavy (non-hydrogen) atoms. The van der Waals surface area contributed by atoms with Gasteiger partial charge in [0.2, 0.25) is 0 Å². The highest BCUT2D eigenvalue weighted by molar-refractivity contribution is 5.29. The molecule has 0 saturated carbocycles. The molecule has 3 nitrogen and oxygen atoms in total. The van der Waals surface area contributed by atoms with Gasteiger partial charge in [0, 0.05) is 31.5 Å². The first-order chi connectivity index (χ1) is 14.0. The molecule has 0 amide bonds. The number of methoxy groups -OCH3 is 1. The fourth-order valence-corrected chi connectivity index (χ4v) is 3.49. The number of hydrogen-bond donors (Lipinski definition) is 0. The predicted octanol–water partition coefficient (Wildman–Crippen LogP) is 5.73. The van der Waals surface area contributed by atoms with E-state index < -0.39 is 0 Å². The number of nitrogens with zero attached hydrogens (tertiary/aromatic N) is 2. The van der Waals surface area contributed by atoms with Gasteiger partial charge in [-0.15, -0.1) is 0 Å². The second-order valence-electron chi connectivity index (χ2n) is 8.00. The predicted molar refractivity (Wildman–Crippen MR) is 116 cm³/mol. The zero-order valence-corrected chi connectivity index (χ0v) is 17.6. The molecule has 0 aliphatic rings. The number of rotatable bonds is 10. The SMILES string of the molecule is COc1cccc(Cn2cccc2CN(CCC(C)C)Cc2cccc(F)c2)c1. The summed E-state index contributed by atoms with van der Waals surface area (Å²) in [5.74, 6) is 1.34. The number of ether oxygens (including phenoxy) is 1. The van der Waals surface area contributed by atoms with E-state index in [2.05, 4.69) is 53.8 Å². The van der Waals surface area contributed by atoms with Gasteiger partial charge in [0.25, 0.3) is 0 Å². The molecule has 4 heteroatoms. The zero-order chi connectivity index (χ0) is 20.6. The van der Waals surface area contributed by atoms with Gasteiger partial charge in [0.15, 0.2) is 0 Å². The molecule has 2 aromatic carbocycles. The fraction of sp³-hybridized carbons (Fsp3) is 0.360. The van der Waals surface area contributed by atoms with Crippen molar-refractivity contribution in [3.05, 3.63) is 89.5 Å². The van der Waals surface area contributed by atoms with Crippen molar-refractivity contribution in [3.8, 4) is 5.75 Å². The van der Waals surface area contributed by atoms with Crippen molar-refractivity contribution in [3.63, 3.8) is 0 Å². The van der Waals surface area contributed by atoms with E-state index in [-0.39, 0.29) is 5.82 Å². The molecule has 0 bridgehead atoms. The minimum Gasteiger partial charge on any atom is -0.497 e. The van der Waals surface area contributed by atoms with Gasteiger partial charge in [-0.3, -0.25) is 4.90 Å². The summed E-state index contributed by atoms with van der Waals surface area (Å²) in [6.07, 6.45) is 3.24. The molecule has 3 rings (SSSR count). The zero-order valence-electron chi connectivity index (χ0n) is 17.6. The Morgan fingerprint density at radius 3 is 2.52 bits per heavy atom. The third-order valence-electron chi connectivity index (χ3n) is 5.11. The lowest BCUT2D eigenvalue weighted by molar-refractivity contribution is 0.235. The second-order valence-corrected chi connectivity index (χ2v) is 8.00. The van der Waals surface area contributed by atoms with E-state index in [1.165, 1.54) is 17.3 Å². The maximum Gasteiger partial charge on any atom is 0.123 e. The number of halogens is 1. The van der Waals surface area contributed by atoms with Crippen molar-refractivity contribution in [1.82, 2.24) is 9.47 Å². The molecule has 1 aromatic heterocycles. The number of benzene rings is 2. The molecule has 3 aromatic rings.